The standard InChI is InChI=1S/C18H23F2N5OS/c1-10(25-22)17(23-2)12-6-16(27-9-12)18(26)24-15(8-21)5-11-3-13(19)7-14(20)4-11/h3-4,6-7,9,15,23,25H,5,8,21-22H2,1-2H3,(H,24,26). The number of carbonyl (C=O) groups is 1. The third-order valence-corrected chi connectivity index (χ3v) is 4.91. The maximum atomic E-state index is 13.3. The fourth-order valence-electron chi connectivity index (χ4n) is 2.67. The van der Waals surface area contributed by atoms with Crippen LogP contribution in [0.2, 0.25) is 0 Å². The number of halogens is 2. The lowest BCUT2D eigenvalue weighted by Gasteiger charge is -2.16. The molecule has 1 aromatic carbocycles. The monoisotopic (exact) mass is 395 g/mol. The summed E-state index contributed by atoms with van der Waals surface area (Å²) >= 11 is 1.28. The van der Waals surface area contributed by atoms with Crippen LogP contribution in [0.15, 0.2) is 35.3 Å². The van der Waals surface area contributed by atoms with Gasteiger partial charge in [0.1, 0.15) is 11.6 Å². The Hall–Kier alpha value is -2.49. The summed E-state index contributed by atoms with van der Waals surface area (Å²) in [5.74, 6) is 3.82. The van der Waals surface area contributed by atoms with Crippen molar-refractivity contribution in [2.24, 2.45) is 11.6 Å². The molecule has 0 spiro atoms. The first kappa shape index (κ1) is 20.8. The first-order valence-electron chi connectivity index (χ1n) is 8.28. The molecule has 0 fully saturated rings. The van der Waals surface area contributed by atoms with Gasteiger partial charge in [-0.3, -0.25) is 10.6 Å². The van der Waals surface area contributed by atoms with Gasteiger partial charge >= 0.3 is 0 Å². The Labute approximate surface area is 160 Å². The molecule has 2 rings (SSSR count). The van der Waals surface area contributed by atoms with E-state index in [2.05, 4.69) is 16.1 Å². The van der Waals surface area contributed by atoms with Gasteiger partial charge in [0, 0.05) is 42.3 Å². The van der Waals surface area contributed by atoms with Gasteiger partial charge in [-0.25, -0.2) is 8.78 Å². The number of benzene rings is 1. The maximum absolute atomic E-state index is 13.3. The lowest BCUT2D eigenvalue weighted by atomic mass is 10.1. The SMILES string of the molecule is CNC(=C(C)NN)c1csc(C(=O)NC(CN)Cc2cc(F)cc(F)c2)c1. The van der Waals surface area contributed by atoms with Gasteiger partial charge in [-0.05, 0) is 37.1 Å². The molecule has 7 N–H and O–H groups in total. The highest BCUT2D eigenvalue weighted by molar-refractivity contribution is 7.12. The van der Waals surface area contributed by atoms with Gasteiger partial charge in [0.25, 0.3) is 5.91 Å². The summed E-state index contributed by atoms with van der Waals surface area (Å²) in [6, 6.07) is 4.55. The molecule has 27 heavy (non-hydrogen) atoms. The molecule has 0 radical (unpaired) electrons. The van der Waals surface area contributed by atoms with E-state index in [1.54, 1.807) is 13.1 Å². The topological polar surface area (TPSA) is 105 Å². The predicted octanol–water partition coefficient (Wildman–Crippen LogP) is 1.70. The van der Waals surface area contributed by atoms with E-state index in [0.29, 0.717) is 10.4 Å². The van der Waals surface area contributed by atoms with Crippen LogP contribution < -0.4 is 27.6 Å². The minimum Gasteiger partial charge on any atom is -0.386 e. The van der Waals surface area contributed by atoms with Crippen LogP contribution in [-0.2, 0) is 6.42 Å². The molecule has 0 aliphatic rings. The van der Waals surface area contributed by atoms with Crippen LogP contribution in [0.5, 0.6) is 0 Å². The number of hydrogen-bond donors (Lipinski definition) is 5. The number of hydrazine groups is 1. The molecule has 0 aliphatic carbocycles. The summed E-state index contributed by atoms with van der Waals surface area (Å²) < 4.78 is 26.7. The molecule has 2 aromatic rings. The Bertz CT molecular complexity index is 817. The fraction of sp³-hybridized carbons (Fsp3) is 0.278. The molecule has 0 bridgehead atoms. The highest BCUT2D eigenvalue weighted by atomic mass is 32.1. The van der Waals surface area contributed by atoms with Crippen LogP contribution in [-0.4, -0.2) is 25.5 Å². The van der Waals surface area contributed by atoms with E-state index in [0.717, 1.165) is 23.0 Å². The van der Waals surface area contributed by atoms with Gasteiger partial charge in [0.15, 0.2) is 0 Å². The van der Waals surface area contributed by atoms with E-state index in [1.165, 1.54) is 23.5 Å². The number of nitrogens with two attached hydrogens (primary N) is 2. The summed E-state index contributed by atoms with van der Waals surface area (Å²) in [5.41, 5.74) is 11.0. The Balaban J connectivity index is 2.11. The number of nitrogens with one attached hydrogen (secondary N) is 3. The highest BCUT2D eigenvalue weighted by Gasteiger charge is 2.17. The van der Waals surface area contributed by atoms with E-state index in [9.17, 15) is 13.6 Å². The molecule has 1 unspecified atom stereocenters. The van der Waals surface area contributed by atoms with Gasteiger partial charge in [-0.2, -0.15) is 0 Å². The van der Waals surface area contributed by atoms with Gasteiger partial charge in [0.2, 0.25) is 0 Å². The number of hydrogen-bond acceptors (Lipinski definition) is 6. The van der Waals surface area contributed by atoms with Crippen molar-refractivity contribution >= 4 is 22.9 Å². The largest absolute Gasteiger partial charge is 0.386 e. The second kappa shape index (κ2) is 9.45. The second-order valence-electron chi connectivity index (χ2n) is 5.98. The van der Waals surface area contributed by atoms with Crippen molar-refractivity contribution in [3.05, 3.63) is 63.0 Å². The average Bonchev–Trinajstić information content (AvgIpc) is 3.10. The lowest BCUT2D eigenvalue weighted by Crippen LogP contribution is -2.41. The molecular formula is C18H23F2N5OS. The first-order chi connectivity index (χ1) is 12.9. The molecule has 1 amide bonds. The molecule has 1 atom stereocenters. The van der Waals surface area contributed by atoms with Crippen molar-refractivity contribution in [1.29, 1.82) is 0 Å². The van der Waals surface area contributed by atoms with Crippen molar-refractivity contribution < 1.29 is 13.6 Å². The number of allylic oxidation sites excluding steroid dienone is 1. The van der Waals surface area contributed by atoms with E-state index < -0.39 is 17.7 Å². The summed E-state index contributed by atoms with van der Waals surface area (Å²) in [5, 5.41) is 7.68. The van der Waals surface area contributed by atoms with Crippen molar-refractivity contribution in [1.82, 2.24) is 16.1 Å². The Morgan fingerprint density at radius 3 is 2.44 bits per heavy atom. The van der Waals surface area contributed by atoms with Crippen molar-refractivity contribution in [3.8, 4) is 0 Å². The van der Waals surface area contributed by atoms with Crippen LogP contribution >= 0.6 is 11.3 Å². The van der Waals surface area contributed by atoms with Crippen LogP contribution in [0.1, 0.15) is 27.7 Å². The molecule has 6 nitrogen and oxygen atoms in total. The average molecular weight is 395 g/mol. The zero-order valence-corrected chi connectivity index (χ0v) is 15.9. The summed E-state index contributed by atoms with van der Waals surface area (Å²) in [7, 11) is 1.76. The number of thiophene rings is 1. The van der Waals surface area contributed by atoms with E-state index in [1.807, 2.05) is 12.3 Å². The molecule has 0 saturated heterocycles. The minimum atomic E-state index is -0.662. The van der Waals surface area contributed by atoms with Gasteiger partial charge < -0.3 is 21.8 Å². The molecular weight excluding hydrogens is 372 g/mol. The summed E-state index contributed by atoms with van der Waals surface area (Å²) in [6.45, 7) is 1.95. The second-order valence-corrected chi connectivity index (χ2v) is 6.89. The Morgan fingerprint density at radius 2 is 1.89 bits per heavy atom. The molecule has 146 valence electrons. The van der Waals surface area contributed by atoms with E-state index in [4.69, 9.17) is 11.6 Å². The van der Waals surface area contributed by atoms with Crippen molar-refractivity contribution in [2.45, 2.75) is 19.4 Å². The summed E-state index contributed by atoms with van der Waals surface area (Å²) in [6.07, 6.45) is 0.229. The van der Waals surface area contributed by atoms with Crippen LogP contribution in [0.3, 0.4) is 0 Å². The lowest BCUT2D eigenvalue weighted by molar-refractivity contribution is 0.0942. The van der Waals surface area contributed by atoms with Gasteiger partial charge in [-0.15, -0.1) is 11.3 Å². The maximum Gasteiger partial charge on any atom is 0.261 e. The number of carbonyl (C=O) groups excluding carboxylic acids is 1. The van der Waals surface area contributed by atoms with Crippen molar-refractivity contribution in [2.75, 3.05) is 13.6 Å². The summed E-state index contributed by atoms with van der Waals surface area (Å²) in [4.78, 5) is 13.0. The van der Waals surface area contributed by atoms with Crippen LogP contribution in [0, 0.1) is 11.6 Å². The van der Waals surface area contributed by atoms with Crippen LogP contribution in [0.4, 0.5) is 8.78 Å². The van der Waals surface area contributed by atoms with E-state index in [-0.39, 0.29) is 18.9 Å². The van der Waals surface area contributed by atoms with Crippen molar-refractivity contribution in [3.63, 3.8) is 0 Å². The zero-order valence-electron chi connectivity index (χ0n) is 15.1. The number of rotatable bonds is 8. The highest BCUT2D eigenvalue weighted by Crippen LogP contribution is 2.22. The predicted molar refractivity (Wildman–Crippen MR) is 104 cm³/mol. The third kappa shape index (κ3) is 5.49. The molecule has 0 saturated carbocycles. The zero-order chi connectivity index (χ0) is 20.0. The molecule has 0 aliphatic heterocycles. The molecule has 1 aromatic heterocycles. The fourth-order valence-corrected chi connectivity index (χ4v) is 3.47. The van der Waals surface area contributed by atoms with Gasteiger partial charge in [-0.1, -0.05) is 0 Å². The quantitative estimate of drug-likeness (QED) is 0.346. The van der Waals surface area contributed by atoms with E-state index >= 15 is 0 Å². The Kier molecular flexibility index (Phi) is 7.28. The molecule has 9 heteroatoms. The van der Waals surface area contributed by atoms with Crippen LogP contribution in [0.25, 0.3) is 5.70 Å². The Morgan fingerprint density at radius 1 is 1.22 bits per heavy atom. The normalized spacial score (nSPS) is 13.0. The third-order valence-electron chi connectivity index (χ3n) is 3.98. The minimum absolute atomic E-state index is 0.139. The van der Waals surface area contributed by atoms with Gasteiger partial charge in [0.05, 0.1) is 10.6 Å². The smallest absolute Gasteiger partial charge is 0.261 e. The number of amides is 1. The molecule has 1 heterocycles. The first-order valence-corrected chi connectivity index (χ1v) is 9.16.